The zero-order chi connectivity index (χ0) is 14.8. The van der Waals surface area contributed by atoms with Crippen LogP contribution in [0.15, 0.2) is 23.1 Å². The fourth-order valence-electron chi connectivity index (χ4n) is 2.47. The van der Waals surface area contributed by atoms with E-state index in [-0.39, 0.29) is 16.5 Å². The molecule has 0 radical (unpaired) electrons. The zero-order valence-corrected chi connectivity index (χ0v) is 12.3. The van der Waals surface area contributed by atoms with Crippen molar-refractivity contribution in [2.45, 2.75) is 36.1 Å². The van der Waals surface area contributed by atoms with Gasteiger partial charge < -0.3 is 5.11 Å². The molecule has 0 amide bonds. The van der Waals surface area contributed by atoms with Crippen molar-refractivity contribution in [2.75, 3.05) is 6.61 Å². The van der Waals surface area contributed by atoms with Gasteiger partial charge in [-0.15, -0.1) is 0 Å². The van der Waals surface area contributed by atoms with Crippen LogP contribution in [0.4, 0.5) is 0 Å². The summed E-state index contributed by atoms with van der Waals surface area (Å²) in [5, 5.41) is 18.2. The standard InChI is InChI=1S/C13H15ClN2O3S/c14-11-7-10(8-15)3-4-12(11)20(18,19)16-13(9-17)5-1-2-6-13/h3-4,7,16-17H,1-2,5-6,9H2. The van der Waals surface area contributed by atoms with Crippen LogP contribution in [-0.2, 0) is 10.0 Å². The van der Waals surface area contributed by atoms with E-state index in [4.69, 9.17) is 16.9 Å². The summed E-state index contributed by atoms with van der Waals surface area (Å²) < 4.78 is 27.3. The van der Waals surface area contributed by atoms with Crippen molar-refractivity contribution in [3.8, 4) is 6.07 Å². The first-order valence-corrected chi connectivity index (χ1v) is 8.13. The molecule has 5 nitrogen and oxygen atoms in total. The maximum Gasteiger partial charge on any atom is 0.242 e. The largest absolute Gasteiger partial charge is 0.394 e. The number of hydrogen-bond donors (Lipinski definition) is 2. The molecule has 1 aromatic rings. The summed E-state index contributed by atoms with van der Waals surface area (Å²) in [6.07, 6.45) is 2.97. The van der Waals surface area contributed by atoms with Crippen LogP contribution in [0.1, 0.15) is 31.2 Å². The highest BCUT2D eigenvalue weighted by Gasteiger charge is 2.38. The Kier molecular flexibility index (Phi) is 4.35. The van der Waals surface area contributed by atoms with Gasteiger partial charge in [-0.1, -0.05) is 24.4 Å². The minimum Gasteiger partial charge on any atom is -0.394 e. The topological polar surface area (TPSA) is 90.2 Å². The lowest BCUT2D eigenvalue weighted by Gasteiger charge is -2.27. The van der Waals surface area contributed by atoms with Crippen molar-refractivity contribution in [2.24, 2.45) is 0 Å². The van der Waals surface area contributed by atoms with Gasteiger partial charge >= 0.3 is 0 Å². The molecule has 0 saturated heterocycles. The molecule has 20 heavy (non-hydrogen) atoms. The summed E-state index contributed by atoms with van der Waals surface area (Å²) in [6, 6.07) is 5.93. The molecule has 2 N–H and O–H groups in total. The first kappa shape index (κ1) is 15.3. The van der Waals surface area contributed by atoms with Crippen molar-refractivity contribution in [1.82, 2.24) is 4.72 Å². The number of aliphatic hydroxyl groups excluding tert-OH is 1. The van der Waals surface area contributed by atoms with Crippen LogP contribution in [0, 0.1) is 11.3 Å². The lowest BCUT2D eigenvalue weighted by atomic mass is 10.0. The first-order valence-electron chi connectivity index (χ1n) is 6.27. The van der Waals surface area contributed by atoms with Gasteiger partial charge in [0.05, 0.1) is 28.8 Å². The number of benzene rings is 1. The summed E-state index contributed by atoms with van der Waals surface area (Å²) in [5.74, 6) is 0. The lowest BCUT2D eigenvalue weighted by molar-refractivity contribution is 0.185. The first-order chi connectivity index (χ1) is 9.42. The van der Waals surface area contributed by atoms with E-state index in [9.17, 15) is 13.5 Å². The summed E-state index contributed by atoms with van der Waals surface area (Å²) in [5.41, 5.74) is -0.498. The van der Waals surface area contributed by atoms with E-state index in [0.717, 1.165) is 12.8 Å². The smallest absolute Gasteiger partial charge is 0.242 e. The van der Waals surface area contributed by atoms with Crippen LogP contribution in [-0.4, -0.2) is 25.7 Å². The summed E-state index contributed by atoms with van der Waals surface area (Å²) in [6.45, 7) is -0.236. The Morgan fingerprint density at radius 2 is 2.05 bits per heavy atom. The SMILES string of the molecule is N#Cc1ccc(S(=O)(=O)NC2(CO)CCCC2)c(Cl)c1. The molecule has 1 aromatic carbocycles. The van der Waals surface area contributed by atoms with Crippen molar-refractivity contribution in [1.29, 1.82) is 5.26 Å². The van der Waals surface area contributed by atoms with Crippen LogP contribution in [0.2, 0.25) is 5.02 Å². The van der Waals surface area contributed by atoms with Crippen LogP contribution in [0.5, 0.6) is 0 Å². The van der Waals surface area contributed by atoms with E-state index in [2.05, 4.69) is 4.72 Å². The molecule has 108 valence electrons. The molecule has 0 bridgehead atoms. The van der Waals surface area contributed by atoms with Gasteiger partial charge in [-0.05, 0) is 31.0 Å². The van der Waals surface area contributed by atoms with Crippen LogP contribution >= 0.6 is 11.6 Å². The van der Waals surface area contributed by atoms with Gasteiger partial charge in [0.1, 0.15) is 4.90 Å². The third-order valence-electron chi connectivity index (χ3n) is 3.56. The Bertz CT molecular complexity index is 646. The maximum atomic E-state index is 12.4. The number of halogens is 1. The number of rotatable bonds is 4. The minimum atomic E-state index is -3.82. The average Bonchev–Trinajstić information content (AvgIpc) is 2.86. The molecular weight excluding hydrogens is 300 g/mol. The highest BCUT2D eigenvalue weighted by Crippen LogP contribution is 2.32. The van der Waals surface area contributed by atoms with Crippen molar-refractivity contribution >= 4 is 21.6 Å². The molecule has 1 aliphatic rings. The van der Waals surface area contributed by atoms with Crippen LogP contribution in [0.3, 0.4) is 0 Å². The van der Waals surface area contributed by atoms with Gasteiger partial charge in [0, 0.05) is 0 Å². The van der Waals surface area contributed by atoms with Gasteiger partial charge in [-0.25, -0.2) is 13.1 Å². The molecule has 1 aliphatic carbocycles. The molecule has 2 rings (SSSR count). The number of sulfonamides is 1. The molecule has 0 spiro atoms. The van der Waals surface area contributed by atoms with Crippen molar-refractivity contribution in [3.05, 3.63) is 28.8 Å². The Morgan fingerprint density at radius 3 is 2.55 bits per heavy atom. The quantitative estimate of drug-likeness (QED) is 0.886. The summed E-state index contributed by atoms with van der Waals surface area (Å²) >= 11 is 5.93. The fourth-order valence-corrected chi connectivity index (χ4v) is 4.47. The third-order valence-corrected chi connectivity index (χ3v) is 5.63. The predicted octanol–water partition coefficient (Wildman–Crippen LogP) is 1.80. The molecular formula is C13H15ClN2O3S. The fraction of sp³-hybridized carbons (Fsp3) is 0.462. The van der Waals surface area contributed by atoms with Crippen LogP contribution in [0.25, 0.3) is 0 Å². The van der Waals surface area contributed by atoms with Crippen LogP contribution < -0.4 is 4.72 Å². The highest BCUT2D eigenvalue weighted by atomic mass is 35.5. The molecule has 0 unspecified atom stereocenters. The zero-order valence-electron chi connectivity index (χ0n) is 10.8. The predicted molar refractivity (Wildman–Crippen MR) is 74.8 cm³/mol. The van der Waals surface area contributed by atoms with E-state index in [1.54, 1.807) is 0 Å². The van der Waals surface area contributed by atoms with Gasteiger partial charge in [-0.2, -0.15) is 5.26 Å². The molecule has 1 fully saturated rings. The van der Waals surface area contributed by atoms with E-state index < -0.39 is 15.6 Å². The Labute approximate surface area is 123 Å². The van der Waals surface area contributed by atoms with Gasteiger partial charge in [0.15, 0.2) is 0 Å². The van der Waals surface area contributed by atoms with E-state index in [1.165, 1.54) is 18.2 Å². The van der Waals surface area contributed by atoms with Gasteiger partial charge in [-0.3, -0.25) is 0 Å². The Morgan fingerprint density at radius 1 is 1.40 bits per heavy atom. The number of nitriles is 1. The number of hydrogen-bond acceptors (Lipinski definition) is 4. The third kappa shape index (κ3) is 2.96. The minimum absolute atomic E-state index is 0.00244. The van der Waals surface area contributed by atoms with E-state index in [0.29, 0.717) is 18.4 Å². The number of aliphatic hydroxyl groups is 1. The second-order valence-electron chi connectivity index (χ2n) is 5.01. The van der Waals surface area contributed by atoms with Crippen molar-refractivity contribution in [3.63, 3.8) is 0 Å². The average molecular weight is 315 g/mol. The lowest BCUT2D eigenvalue weighted by Crippen LogP contribution is -2.49. The molecule has 7 heteroatoms. The molecule has 0 aromatic heterocycles. The van der Waals surface area contributed by atoms with E-state index in [1.807, 2.05) is 6.07 Å². The summed E-state index contributed by atoms with van der Waals surface area (Å²) in [7, 11) is -3.82. The second-order valence-corrected chi connectivity index (χ2v) is 7.07. The molecule has 0 atom stereocenters. The maximum absolute atomic E-state index is 12.4. The number of nitrogens with one attached hydrogen (secondary N) is 1. The monoisotopic (exact) mass is 314 g/mol. The molecule has 0 aliphatic heterocycles. The van der Waals surface area contributed by atoms with Gasteiger partial charge in [0.25, 0.3) is 0 Å². The Hall–Kier alpha value is -1.13. The second kappa shape index (κ2) is 5.70. The summed E-state index contributed by atoms with van der Waals surface area (Å²) in [4.78, 5) is -0.0714. The van der Waals surface area contributed by atoms with Crippen molar-refractivity contribution < 1.29 is 13.5 Å². The highest BCUT2D eigenvalue weighted by molar-refractivity contribution is 7.89. The number of nitrogens with zero attached hydrogens (tertiary/aromatic N) is 1. The van der Waals surface area contributed by atoms with E-state index >= 15 is 0 Å². The normalized spacial score (nSPS) is 17.9. The molecule has 0 heterocycles. The molecule has 1 saturated carbocycles. The Balaban J connectivity index is 2.34. The van der Waals surface area contributed by atoms with Gasteiger partial charge in [0.2, 0.25) is 10.0 Å².